The molecule has 4 aromatic rings. The largest absolute Gasteiger partial charge is 0.368 e. The molecule has 2 aromatic heterocycles. The van der Waals surface area contributed by atoms with Gasteiger partial charge in [0.2, 0.25) is 20.0 Å². The molecule has 21 heteroatoms. The number of benzene rings is 2. The van der Waals surface area contributed by atoms with Gasteiger partial charge in [-0.25, -0.2) is 35.2 Å². The molecule has 1 atom stereocenters. The number of rotatable bonds is 11. The molecule has 4 N–H and O–H groups in total. The zero-order valence-electron chi connectivity index (χ0n) is 33.1. The molecule has 3 fully saturated rings. The number of anilines is 2. The van der Waals surface area contributed by atoms with Crippen LogP contribution in [0.1, 0.15) is 36.8 Å². The third kappa shape index (κ3) is 12.5. The summed E-state index contributed by atoms with van der Waals surface area (Å²) in [6, 6.07) is 18.0. The number of piperidine rings is 1. The quantitative estimate of drug-likeness (QED) is 0.168. The first kappa shape index (κ1) is 44.9. The molecule has 0 bridgehead atoms. The molecular weight excluding hydrogens is 837 g/mol. The number of nitrogens with zero attached hydrogens (tertiary/aromatic N) is 5. The molecule has 3 aliphatic heterocycles. The summed E-state index contributed by atoms with van der Waals surface area (Å²) in [7, 11) is -7.53. The number of nitrogens with one attached hydrogen (secondary N) is 4. The highest BCUT2D eigenvalue weighted by Crippen LogP contribution is 2.31. The summed E-state index contributed by atoms with van der Waals surface area (Å²) in [5.74, 6) is -2.87. The predicted octanol–water partition coefficient (Wildman–Crippen LogP) is 4.24. The molecule has 61 heavy (non-hydrogen) atoms. The SMILES string of the molecule is O=C(NCc1cccnc1)Nc1ccc(S(=O)(=O)N2CCC(F)(F)CC2)cc1.O=C(NCc1cccnc1)Nc1ccc(S(=O)(=O)N2CCN(C(=O)[C@H]3CCCO3)CC2)cc1. The molecule has 0 saturated carbocycles. The van der Waals surface area contributed by atoms with Crippen LogP contribution in [-0.2, 0) is 42.7 Å². The Bertz CT molecular complexity index is 2310. The third-order valence-electron chi connectivity index (χ3n) is 10.1. The van der Waals surface area contributed by atoms with Crippen LogP contribution in [0.2, 0.25) is 0 Å². The van der Waals surface area contributed by atoms with Gasteiger partial charge < -0.3 is 30.9 Å². The van der Waals surface area contributed by atoms with Gasteiger partial charge in [-0.2, -0.15) is 8.61 Å². The maximum atomic E-state index is 13.2. The first-order valence-corrected chi connectivity index (χ1v) is 22.4. The van der Waals surface area contributed by atoms with Crippen LogP contribution in [0, 0.1) is 0 Å². The monoisotopic (exact) mass is 883 g/mol. The van der Waals surface area contributed by atoms with E-state index < -0.39 is 57.0 Å². The molecule has 17 nitrogen and oxygen atoms in total. The number of amides is 5. The molecule has 3 aliphatic rings. The summed E-state index contributed by atoms with van der Waals surface area (Å²) >= 11 is 0. The molecule has 7 rings (SSSR count). The number of halogens is 2. The number of hydrogen-bond donors (Lipinski definition) is 4. The fourth-order valence-corrected chi connectivity index (χ4v) is 9.48. The van der Waals surface area contributed by atoms with Crippen LogP contribution in [0.4, 0.5) is 29.7 Å². The Labute approximate surface area is 353 Å². The van der Waals surface area contributed by atoms with Crippen LogP contribution >= 0.6 is 0 Å². The number of sulfonamides is 2. The highest BCUT2D eigenvalue weighted by atomic mass is 32.2. The highest BCUT2D eigenvalue weighted by molar-refractivity contribution is 7.89. The average Bonchev–Trinajstić information content (AvgIpc) is 3.82. The molecule has 0 radical (unpaired) electrons. The minimum absolute atomic E-state index is 0.000894. The van der Waals surface area contributed by atoms with Gasteiger partial charge in [-0.15, -0.1) is 0 Å². The van der Waals surface area contributed by atoms with E-state index in [0.717, 1.165) is 28.3 Å². The molecule has 326 valence electrons. The molecule has 5 amide bonds. The van der Waals surface area contributed by atoms with E-state index in [4.69, 9.17) is 4.74 Å². The van der Waals surface area contributed by atoms with Crippen molar-refractivity contribution >= 4 is 49.4 Å². The van der Waals surface area contributed by atoms with Crippen LogP contribution in [0.3, 0.4) is 0 Å². The van der Waals surface area contributed by atoms with Crippen LogP contribution in [0.15, 0.2) is 107 Å². The van der Waals surface area contributed by atoms with Crippen molar-refractivity contribution in [1.82, 2.24) is 34.1 Å². The number of aromatic nitrogens is 2. The predicted molar refractivity (Wildman–Crippen MR) is 220 cm³/mol. The lowest BCUT2D eigenvalue weighted by Gasteiger charge is -2.35. The number of piperazine rings is 1. The van der Waals surface area contributed by atoms with Crippen LogP contribution < -0.4 is 21.3 Å². The number of hydrogen-bond acceptors (Lipinski definition) is 10. The van der Waals surface area contributed by atoms with E-state index in [2.05, 4.69) is 31.2 Å². The van der Waals surface area contributed by atoms with Crippen molar-refractivity contribution in [3.05, 3.63) is 109 Å². The van der Waals surface area contributed by atoms with Gasteiger partial charge >= 0.3 is 12.1 Å². The molecule has 2 aromatic carbocycles. The number of alkyl halides is 2. The minimum Gasteiger partial charge on any atom is -0.368 e. The fraction of sp³-hybridized carbons (Fsp3) is 0.375. The van der Waals surface area contributed by atoms with Gasteiger partial charge in [0.1, 0.15) is 6.10 Å². The van der Waals surface area contributed by atoms with Gasteiger partial charge in [0.25, 0.3) is 11.8 Å². The van der Waals surface area contributed by atoms with Gasteiger partial charge in [0, 0.05) is 108 Å². The molecule has 0 aliphatic carbocycles. The van der Waals surface area contributed by atoms with Crippen molar-refractivity contribution in [3.8, 4) is 0 Å². The second-order valence-corrected chi connectivity index (χ2v) is 18.3. The van der Waals surface area contributed by atoms with Crippen molar-refractivity contribution in [2.24, 2.45) is 0 Å². The summed E-state index contributed by atoms with van der Waals surface area (Å²) < 4.78 is 85.5. The van der Waals surface area contributed by atoms with Crippen molar-refractivity contribution in [2.45, 2.75) is 60.6 Å². The number of carbonyl (C=O) groups is 3. The zero-order valence-corrected chi connectivity index (χ0v) is 34.7. The summed E-state index contributed by atoms with van der Waals surface area (Å²) in [5, 5.41) is 10.7. The standard InChI is InChI=1S/C22H27N5O5S.C18H20F2N4O3S/c28-21(20-4-2-14-32-20)26-10-12-27(13-11-26)33(30,31)19-7-5-18(6-8-19)25-22(29)24-16-17-3-1-9-23-15-17;19-18(20)7-10-24(11-8-18)28(26,27)16-5-3-15(4-6-16)23-17(25)22-13-14-2-1-9-21-12-14/h1,3,5-9,15,20H,2,4,10-14,16H2,(H2,24,25,29);1-6,9,12H,7-8,10-11,13H2,(H2,22,23,25)/t20-;/m1./s1. The first-order valence-electron chi connectivity index (χ1n) is 19.6. The summed E-state index contributed by atoms with van der Waals surface area (Å²) in [6.07, 6.45) is 6.83. The maximum Gasteiger partial charge on any atom is 0.319 e. The molecule has 5 heterocycles. The van der Waals surface area contributed by atoms with E-state index in [0.29, 0.717) is 44.2 Å². The normalized spacial score (nSPS) is 18.3. The van der Waals surface area contributed by atoms with E-state index in [-0.39, 0.29) is 41.9 Å². The van der Waals surface area contributed by atoms with Crippen molar-refractivity contribution in [1.29, 1.82) is 0 Å². The number of carbonyl (C=O) groups excluding carboxylic acids is 3. The van der Waals surface area contributed by atoms with Gasteiger partial charge in [0.05, 0.1) is 9.79 Å². The molecule has 0 spiro atoms. The summed E-state index contributed by atoms with van der Waals surface area (Å²) in [4.78, 5) is 46.3. The highest BCUT2D eigenvalue weighted by Gasteiger charge is 2.39. The van der Waals surface area contributed by atoms with Crippen LogP contribution in [0.25, 0.3) is 0 Å². The number of urea groups is 2. The minimum atomic E-state index is -3.84. The topological polar surface area (TPSA) is 212 Å². The Balaban J connectivity index is 0.000000207. The summed E-state index contributed by atoms with van der Waals surface area (Å²) in [6.45, 7) is 1.94. The molecule has 3 saturated heterocycles. The van der Waals surface area contributed by atoms with Crippen molar-refractivity contribution in [3.63, 3.8) is 0 Å². The van der Waals surface area contributed by atoms with Gasteiger partial charge in [-0.05, 0) is 84.6 Å². The zero-order chi connectivity index (χ0) is 43.5. The smallest absolute Gasteiger partial charge is 0.319 e. The molecule has 0 unspecified atom stereocenters. The molecular formula is C40H47F2N9O8S2. The van der Waals surface area contributed by atoms with E-state index >= 15 is 0 Å². The maximum absolute atomic E-state index is 13.2. The second-order valence-electron chi connectivity index (χ2n) is 14.4. The van der Waals surface area contributed by atoms with E-state index in [1.165, 1.54) is 40.7 Å². The Kier molecular flexibility index (Phi) is 15.0. The second kappa shape index (κ2) is 20.3. The lowest BCUT2D eigenvalue weighted by atomic mass is 10.1. The Morgan fingerprint density at radius 3 is 1.54 bits per heavy atom. The lowest BCUT2D eigenvalue weighted by molar-refractivity contribution is -0.142. The van der Waals surface area contributed by atoms with Crippen molar-refractivity contribution < 1.29 is 44.7 Å². The fourth-order valence-electron chi connectivity index (χ4n) is 6.62. The number of ether oxygens (including phenoxy) is 1. The van der Waals surface area contributed by atoms with Crippen molar-refractivity contribution in [2.75, 3.05) is 56.5 Å². The Morgan fingerprint density at radius 2 is 1.13 bits per heavy atom. The Hall–Kier alpha value is -5.61. The van der Waals surface area contributed by atoms with E-state index in [9.17, 15) is 40.0 Å². The average molecular weight is 884 g/mol. The van der Waals surface area contributed by atoms with E-state index in [1.54, 1.807) is 54.0 Å². The van der Waals surface area contributed by atoms with E-state index in [1.807, 2.05) is 12.1 Å². The number of pyridine rings is 2. The Morgan fingerprint density at radius 1 is 0.672 bits per heavy atom. The first-order chi connectivity index (χ1) is 29.2. The van der Waals surface area contributed by atoms with Gasteiger partial charge in [0.15, 0.2) is 0 Å². The third-order valence-corrected chi connectivity index (χ3v) is 13.9. The van der Waals surface area contributed by atoms with Crippen LogP contribution in [-0.4, -0.2) is 116 Å². The summed E-state index contributed by atoms with van der Waals surface area (Å²) in [5.41, 5.74) is 2.59. The van der Waals surface area contributed by atoms with Crippen LogP contribution in [0.5, 0.6) is 0 Å². The van der Waals surface area contributed by atoms with Gasteiger partial charge in [-0.1, -0.05) is 12.1 Å². The lowest BCUT2D eigenvalue weighted by Crippen LogP contribution is -2.52. The van der Waals surface area contributed by atoms with Gasteiger partial charge in [-0.3, -0.25) is 14.8 Å².